The maximum atomic E-state index is 11.9. The second kappa shape index (κ2) is 6.18. The van der Waals surface area contributed by atoms with Gasteiger partial charge in [0.15, 0.2) is 5.78 Å². The highest BCUT2D eigenvalue weighted by Gasteiger charge is 2.18. The smallest absolute Gasteiger partial charge is 0.171 e. The van der Waals surface area contributed by atoms with Gasteiger partial charge in [-0.1, -0.05) is 37.0 Å². The number of carbonyl (C=O) groups is 2. The van der Waals surface area contributed by atoms with Crippen molar-refractivity contribution < 1.29 is 9.59 Å². The Morgan fingerprint density at radius 1 is 1.29 bits per heavy atom. The van der Waals surface area contributed by atoms with Gasteiger partial charge in [0.1, 0.15) is 5.78 Å². The van der Waals surface area contributed by atoms with Crippen LogP contribution in [0.2, 0.25) is 10.0 Å². The van der Waals surface area contributed by atoms with E-state index < -0.39 is 0 Å². The molecule has 0 bridgehead atoms. The Morgan fingerprint density at radius 2 is 1.94 bits per heavy atom. The molecule has 0 aliphatic carbocycles. The van der Waals surface area contributed by atoms with Gasteiger partial charge in [0, 0.05) is 16.5 Å². The fourth-order valence-electron chi connectivity index (χ4n) is 1.37. The maximum Gasteiger partial charge on any atom is 0.171 e. The standard InChI is InChI=1S/C13H14Cl2O2/c1-3-8(2)12(16)7-13(17)10-6-9(14)4-5-11(10)15/h4-6,8H,3,7H2,1-2H3. The number of carbonyl (C=O) groups excluding carboxylic acids is 2. The molecule has 0 radical (unpaired) electrons. The van der Waals surface area contributed by atoms with Crippen molar-refractivity contribution in [1.82, 2.24) is 0 Å². The summed E-state index contributed by atoms with van der Waals surface area (Å²) in [6, 6.07) is 4.66. The van der Waals surface area contributed by atoms with E-state index in [0.717, 1.165) is 6.42 Å². The number of Topliss-reactive ketones (excluding diaryl/α,β-unsaturated/α-hetero) is 2. The molecule has 1 rings (SSSR count). The lowest BCUT2D eigenvalue weighted by atomic mass is 9.97. The topological polar surface area (TPSA) is 34.1 Å². The Morgan fingerprint density at radius 3 is 2.53 bits per heavy atom. The van der Waals surface area contributed by atoms with E-state index in [0.29, 0.717) is 15.6 Å². The summed E-state index contributed by atoms with van der Waals surface area (Å²) in [7, 11) is 0. The summed E-state index contributed by atoms with van der Waals surface area (Å²) >= 11 is 11.7. The molecule has 0 amide bonds. The normalized spacial score (nSPS) is 12.2. The van der Waals surface area contributed by atoms with Crippen LogP contribution in [0.15, 0.2) is 18.2 Å². The molecule has 1 unspecified atom stereocenters. The van der Waals surface area contributed by atoms with Crippen molar-refractivity contribution in [3.63, 3.8) is 0 Å². The van der Waals surface area contributed by atoms with E-state index in [4.69, 9.17) is 23.2 Å². The fraction of sp³-hybridized carbons (Fsp3) is 0.385. The predicted molar refractivity (Wildman–Crippen MR) is 69.9 cm³/mol. The minimum Gasteiger partial charge on any atom is -0.299 e. The molecule has 1 aromatic carbocycles. The Bertz CT molecular complexity index is 441. The van der Waals surface area contributed by atoms with E-state index >= 15 is 0 Å². The van der Waals surface area contributed by atoms with E-state index in [-0.39, 0.29) is 23.9 Å². The zero-order chi connectivity index (χ0) is 13.0. The highest BCUT2D eigenvalue weighted by molar-refractivity contribution is 6.36. The third-order valence-corrected chi connectivity index (χ3v) is 3.29. The van der Waals surface area contributed by atoms with E-state index in [1.165, 1.54) is 6.07 Å². The lowest BCUT2D eigenvalue weighted by Gasteiger charge is -2.07. The van der Waals surface area contributed by atoms with Crippen molar-refractivity contribution in [3.8, 4) is 0 Å². The first-order chi connectivity index (χ1) is 7.95. The molecule has 4 heteroatoms. The van der Waals surface area contributed by atoms with Crippen molar-refractivity contribution >= 4 is 34.8 Å². The summed E-state index contributed by atoms with van der Waals surface area (Å²) in [6.45, 7) is 3.73. The van der Waals surface area contributed by atoms with E-state index in [2.05, 4.69) is 0 Å². The van der Waals surface area contributed by atoms with Crippen LogP contribution >= 0.6 is 23.2 Å². The van der Waals surface area contributed by atoms with Crippen molar-refractivity contribution in [2.24, 2.45) is 5.92 Å². The highest BCUT2D eigenvalue weighted by atomic mass is 35.5. The highest BCUT2D eigenvalue weighted by Crippen LogP contribution is 2.22. The number of ketones is 2. The Kier molecular flexibility index (Phi) is 5.16. The first-order valence-corrected chi connectivity index (χ1v) is 6.22. The van der Waals surface area contributed by atoms with E-state index in [9.17, 15) is 9.59 Å². The van der Waals surface area contributed by atoms with Crippen molar-refractivity contribution in [3.05, 3.63) is 33.8 Å². The lowest BCUT2D eigenvalue weighted by molar-refractivity contribution is -0.121. The molecule has 0 N–H and O–H groups in total. The van der Waals surface area contributed by atoms with Crippen molar-refractivity contribution in [2.45, 2.75) is 26.7 Å². The predicted octanol–water partition coefficient (Wildman–Crippen LogP) is 4.18. The van der Waals surface area contributed by atoms with Crippen LogP contribution in [0, 0.1) is 5.92 Å². The molecule has 0 spiro atoms. The van der Waals surface area contributed by atoms with Gasteiger partial charge in [-0.15, -0.1) is 0 Å². The molecule has 2 nitrogen and oxygen atoms in total. The largest absolute Gasteiger partial charge is 0.299 e. The van der Waals surface area contributed by atoms with Crippen molar-refractivity contribution in [1.29, 1.82) is 0 Å². The Hall–Kier alpha value is -0.860. The molecule has 1 aromatic rings. The average Bonchev–Trinajstić information content (AvgIpc) is 2.30. The van der Waals surface area contributed by atoms with Gasteiger partial charge in [0.05, 0.1) is 11.4 Å². The fourth-order valence-corrected chi connectivity index (χ4v) is 1.76. The molecule has 0 saturated carbocycles. The van der Waals surface area contributed by atoms with Crippen LogP contribution in [-0.2, 0) is 4.79 Å². The summed E-state index contributed by atoms with van der Waals surface area (Å²) in [6.07, 6.45) is 0.616. The Balaban J connectivity index is 2.83. The summed E-state index contributed by atoms with van der Waals surface area (Å²) in [5.41, 5.74) is 0.316. The van der Waals surface area contributed by atoms with Crippen LogP contribution in [0.3, 0.4) is 0 Å². The molecule has 0 heterocycles. The molecule has 0 fully saturated rings. The monoisotopic (exact) mass is 272 g/mol. The Labute approximate surface area is 111 Å². The lowest BCUT2D eigenvalue weighted by Crippen LogP contribution is -2.15. The van der Waals surface area contributed by atoms with Gasteiger partial charge in [-0.2, -0.15) is 0 Å². The van der Waals surface area contributed by atoms with Gasteiger partial charge in [-0.3, -0.25) is 9.59 Å². The van der Waals surface area contributed by atoms with Gasteiger partial charge < -0.3 is 0 Å². The molecule has 0 saturated heterocycles. The molecule has 0 aliphatic rings. The molecule has 1 atom stereocenters. The van der Waals surface area contributed by atoms with Crippen LogP contribution in [0.1, 0.15) is 37.0 Å². The van der Waals surface area contributed by atoms with Gasteiger partial charge in [0.2, 0.25) is 0 Å². The quantitative estimate of drug-likeness (QED) is 0.595. The summed E-state index contributed by atoms with van der Waals surface area (Å²) < 4.78 is 0. The van der Waals surface area contributed by atoms with Crippen LogP contribution in [0.25, 0.3) is 0 Å². The molecule has 17 heavy (non-hydrogen) atoms. The van der Waals surface area contributed by atoms with Gasteiger partial charge in [-0.25, -0.2) is 0 Å². The summed E-state index contributed by atoms with van der Waals surface area (Å²) in [5.74, 6) is -0.437. The molecule has 0 aliphatic heterocycles. The van der Waals surface area contributed by atoms with E-state index in [1.807, 2.05) is 13.8 Å². The minimum absolute atomic E-state index is 0.0615. The zero-order valence-corrected chi connectivity index (χ0v) is 11.3. The van der Waals surface area contributed by atoms with Gasteiger partial charge in [0.25, 0.3) is 0 Å². The van der Waals surface area contributed by atoms with Crippen molar-refractivity contribution in [2.75, 3.05) is 0 Å². The third-order valence-electron chi connectivity index (χ3n) is 2.73. The van der Waals surface area contributed by atoms with E-state index in [1.54, 1.807) is 12.1 Å². The molecule has 0 aromatic heterocycles. The summed E-state index contributed by atoms with van der Waals surface area (Å²) in [5, 5.41) is 0.769. The number of hydrogen-bond acceptors (Lipinski definition) is 2. The minimum atomic E-state index is -0.275. The molecular weight excluding hydrogens is 259 g/mol. The number of hydrogen-bond donors (Lipinski definition) is 0. The second-order valence-corrected chi connectivity index (χ2v) is 4.84. The van der Waals surface area contributed by atoms with Crippen LogP contribution < -0.4 is 0 Å². The first kappa shape index (κ1) is 14.2. The van der Waals surface area contributed by atoms with Crippen LogP contribution in [-0.4, -0.2) is 11.6 Å². The summed E-state index contributed by atoms with van der Waals surface area (Å²) in [4.78, 5) is 23.5. The molecule has 92 valence electrons. The average molecular weight is 273 g/mol. The van der Waals surface area contributed by atoms with Crippen LogP contribution in [0.4, 0.5) is 0 Å². The zero-order valence-electron chi connectivity index (χ0n) is 9.80. The van der Waals surface area contributed by atoms with Gasteiger partial charge in [-0.05, 0) is 24.6 Å². The maximum absolute atomic E-state index is 11.9. The first-order valence-electron chi connectivity index (χ1n) is 5.46. The number of rotatable bonds is 5. The number of benzene rings is 1. The SMILES string of the molecule is CCC(C)C(=O)CC(=O)c1cc(Cl)ccc1Cl. The third kappa shape index (κ3) is 3.83. The molecular formula is C13H14Cl2O2. The van der Waals surface area contributed by atoms with Gasteiger partial charge >= 0.3 is 0 Å². The van der Waals surface area contributed by atoms with Crippen LogP contribution in [0.5, 0.6) is 0 Å². The second-order valence-electron chi connectivity index (χ2n) is 4.00. The number of halogens is 2.